The van der Waals surface area contributed by atoms with Crippen LogP contribution in [0.2, 0.25) is 0 Å². The maximum atomic E-state index is 13.0. The smallest absolute Gasteiger partial charge is 0.253 e. The maximum Gasteiger partial charge on any atom is 0.253 e. The third-order valence-corrected chi connectivity index (χ3v) is 5.81. The number of likely N-dealkylation sites (tertiary alicyclic amines) is 1. The molecule has 1 saturated heterocycles. The van der Waals surface area contributed by atoms with Gasteiger partial charge in [0, 0.05) is 30.9 Å². The summed E-state index contributed by atoms with van der Waals surface area (Å²) in [4.78, 5) is 26.4. The standard InChI is InChI=1S/C23H28N4O4/c24-11-17-9-19(2-3-20(17)25)30-13-15-5-7-27(8-6-15)23(29)16-1-4-22-21(10-16)26-12-18(28)14-31-22/h1-4,9-10,15,26H,5-8,11-14,24-25H2. The van der Waals surface area contributed by atoms with Crippen molar-refractivity contribution in [3.8, 4) is 11.5 Å². The highest BCUT2D eigenvalue weighted by Gasteiger charge is 2.25. The van der Waals surface area contributed by atoms with Crippen molar-refractivity contribution in [2.75, 3.05) is 43.9 Å². The molecule has 8 heteroatoms. The molecule has 0 atom stereocenters. The molecule has 5 N–H and O–H groups in total. The molecule has 4 rings (SSSR count). The van der Waals surface area contributed by atoms with Crippen LogP contribution in [0.15, 0.2) is 36.4 Å². The number of anilines is 2. The summed E-state index contributed by atoms with van der Waals surface area (Å²) >= 11 is 0. The van der Waals surface area contributed by atoms with Crippen LogP contribution in [0, 0.1) is 5.92 Å². The average Bonchev–Trinajstić information content (AvgIpc) is 2.99. The van der Waals surface area contributed by atoms with Gasteiger partial charge in [-0.15, -0.1) is 0 Å². The Bertz CT molecular complexity index is 970. The molecule has 0 spiro atoms. The molecule has 0 saturated carbocycles. The minimum Gasteiger partial charge on any atom is -0.493 e. The number of carbonyl (C=O) groups is 2. The van der Waals surface area contributed by atoms with Gasteiger partial charge in [0.25, 0.3) is 5.91 Å². The van der Waals surface area contributed by atoms with Gasteiger partial charge >= 0.3 is 0 Å². The lowest BCUT2D eigenvalue weighted by atomic mass is 9.97. The summed E-state index contributed by atoms with van der Waals surface area (Å²) in [6.07, 6.45) is 1.76. The van der Waals surface area contributed by atoms with Crippen LogP contribution in [0.3, 0.4) is 0 Å². The lowest BCUT2D eigenvalue weighted by Crippen LogP contribution is -2.39. The Hall–Kier alpha value is -3.26. The van der Waals surface area contributed by atoms with Crippen molar-refractivity contribution in [3.05, 3.63) is 47.5 Å². The predicted octanol–water partition coefficient (Wildman–Crippen LogP) is 2.03. The molecule has 0 aliphatic carbocycles. The Kier molecular flexibility index (Phi) is 6.27. The number of piperidine rings is 1. The molecule has 2 heterocycles. The van der Waals surface area contributed by atoms with E-state index < -0.39 is 0 Å². The van der Waals surface area contributed by atoms with Crippen LogP contribution in [0.1, 0.15) is 28.8 Å². The molecule has 1 fully saturated rings. The summed E-state index contributed by atoms with van der Waals surface area (Å²) in [5, 5.41) is 3.05. The predicted molar refractivity (Wildman–Crippen MR) is 118 cm³/mol. The minimum absolute atomic E-state index is 0.00864. The highest BCUT2D eigenvalue weighted by molar-refractivity contribution is 5.96. The minimum atomic E-state index is -0.0217. The van der Waals surface area contributed by atoms with E-state index in [0.717, 1.165) is 24.2 Å². The van der Waals surface area contributed by atoms with Crippen LogP contribution in [0.4, 0.5) is 11.4 Å². The number of carbonyl (C=O) groups excluding carboxylic acids is 2. The summed E-state index contributed by atoms with van der Waals surface area (Å²) < 4.78 is 11.4. The van der Waals surface area contributed by atoms with Gasteiger partial charge in [0.15, 0.2) is 5.78 Å². The number of hydrogen-bond donors (Lipinski definition) is 3. The number of benzene rings is 2. The molecular formula is C23H28N4O4. The second-order valence-corrected chi connectivity index (χ2v) is 8.00. The second-order valence-electron chi connectivity index (χ2n) is 8.00. The van der Waals surface area contributed by atoms with Gasteiger partial charge in [0.1, 0.15) is 18.1 Å². The van der Waals surface area contributed by atoms with Gasteiger partial charge in [0.05, 0.1) is 18.8 Å². The maximum absolute atomic E-state index is 13.0. The molecule has 2 aromatic rings. The third-order valence-electron chi connectivity index (χ3n) is 5.81. The van der Waals surface area contributed by atoms with E-state index in [1.807, 2.05) is 23.1 Å². The van der Waals surface area contributed by atoms with E-state index in [-0.39, 0.29) is 24.8 Å². The van der Waals surface area contributed by atoms with Crippen LogP contribution < -0.4 is 26.3 Å². The highest BCUT2D eigenvalue weighted by atomic mass is 16.5. The van der Waals surface area contributed by atoms with Gasteiger partial charge < -0.3 is 31.2 Å². The van der Waals surface area contributed by atoms with E-state index >= 15 is 0 Å². The van der Waals surface area contributed by atoms with Gasteiger partial charge in [-0.25, -0.2) is 0 Å². The van der Waals surface area contributed by atoms with Crippen molar-refractivity contribution in [2.24, 2.45) is 11.7 Å². The van der Waals surface area contributed by atoms with Crippen LogP contribution in [0.5, 0.6) is 11.5 Å². The number of fused-ring (bicyclic) bond motifs is 1. The first-order valence-corrected chi connectivity index (χ1v) is 10.6. The summed E-state index contributed by atoms with van der Waals surface area (Å²) in [6.45, 7) is 2.60. The highest BCUT2D eigenvalue weighted by Crippen LogP contribution is 2.29. The van der Waals surface area contributed by atoms with Gasteiger partial charge in [-0.3, -0.25) is 9.59 Å². The van der Waals surface area contributed by atoms with E-state index in [2.05, 4.69) is 5.32 Å². The monoisotopic (exact) mass is 424 g/mol. The first kappa shape index (κ1) is 21.0. The van der Waals surface area contributed by atoms with E-state index in [1.165, 1.54) is 0 Å². The summed E-state index contributed by atoms with van der Waals surface area (Å²) in [7, 11) is 0. The number of ether oxygens (including phenoxy) is 2. The zero-order valence-electron chi connectivity index (χ0n) is 17.4. The van der Waals surface area contributed by atoms with E-state index in [1.54, 1.807) is 18.2 Å². The Labute approximate surface area is 181 Å². The first-order chi connectivity index (χ1) is 15.0. The fourth-order valence-corrected chi connectivity index (χ4v) is 3.88. The Morgan fingerprint density at radius 1 is 1.19 bits per heavy atom. The first-order valence-electron chi connectivity index (χ1n) is 10.6. The van der Waals surface area contributed by atoms with Gasteiger partial charge in [-0.05, 0) is 60.7 Å². The molecule has 31 heavy (non-hydrogen) atoms. The molecule has 2 aromatic carbocycles. The number of amides is 1. The Morgan fingerprint density at radius 2 is 2.00 bits per heavy atom. The average molecular weight is 425 g/mol. The van der Waals surface area contributed by atoms with Crippen molar-refractivity contribution in [1.82, 2.24) is 4.90 Å². The largest absolute Gasteiger partial charge is 0.493 e. The van der Waals surface area contributed by atoms with E-state index in [9.17, 15) is 9.59 Å². The number of ketones is 1. The molecule has 0 radical (unpaired) electrons. The SMILES string of the molecule is NCc1cc(OCC2CCN(C(=O)c3ccc4c(c3)NCC(=O)CO4)CC2)ccc1N. The molecule has 0 aromatic heterocycles. The number of rotatable bonds is 5. The zero-order chi connectivity index (χ0) is 21.8. The molecule has 164 valence electrons. The lowest BCUT2D eigenvalue weighted by molar-refractivity contribution is -0.119. The van der Waals surface area contributed by atoms with Crippen molar-refractivity contribution >= 4 is 23.1 Å². The van der Waals surface area contributed by atoms with Crippen molar-refractivity contribution in [2.45, 2.75) is 19.4 Å². The summed E-state index contributed by atoms with van der Waals surface area (Å²) in [5.74, 6) is 1.72. The van der Waals surface area contributed by atoms with E-state index in [4.69, 9.17) is 20.9 Å². The van der Waals surface area contributed by atoms with Crippen LogP contribution in [-0.2, 0) is 11.3 Å². The Morgan fingerprint density at radius 3 is 2.77 bits per heavy atom. The number of nitrogen functional groups attached to an aromatic ring is 1. The third kappa shape index (κ3) is 4.91. The lowest BCUT2D eigenvalue weighted by Gasteiger charge is -2.32. The topological polar surface area (TPSA) is 120 Å². The van der Waals surface area contributed by atoms with Crippen LogP contribution in [0.25, 0.3) is 0 Å². The van der Waals surface area contributed by atoms with Gasteiger partial charge in [-0.2, -0.15) is 0 Å². The molecular weight excluding hydrogens is 396 g/mol. The molecule has 2 aliphatic heterocycles. The Balaban J connectivity index is 1.30. The molecule has 2 aliphatic rings. The van der Waals surface area contributed by atoms with Crippen molar-refractivity contribution in [1.29, 1.82) is 0 Å². The van der Waals surface area contributed by atoms with Gasteiger partial charge in [-0.1, -0.05) is 0 Å². The summed E-state index contributed by atoms with van der Waals surface area (Å²) in [6, 6.07) is 10.8. The molecule has 1 amide bonds. The fraction of sp³-hybridized carbons (Fsp3) is 0.391. The fourth-order valence-electron chi connectivity index (χ4n) is 3.88. The van der Waals surface area contributed by atoms with Crippen LogP contribution >= 0.6 is 0 Å². The number of nitrogens with zero attached hydrogens (tertiary/aromatic N) is 1. The number of nitrogens with two attached hydrogens (primary N) is 2. The van der Waals surface area contributed by atoms with Gasteiger partial charge in [0.2, 0.25) is 0 Å². The van der Waals surface area contributed by atoms with Crippen molar-refractivity contribution in [3.63, 3.8) is 0 Å². The van der Waals surface area contributed by atoms with Crippen LogP contribution in [-0.4, -0.2) is 49.4 Å². The summed E-state index contributed by atoms with van der Waals surface area (Å²) in [5.41, 5.74) is 14.4. The molecule has 0 unspecified atom stereocenters. The quantitative estimate of drug-likeness (QED) is 0.628. The van der Waals surface area contributed by atoms with Crippen molar-refractivity contribution < 1.29 is 19.1 Å². The molecule has 0 bridgehead atoms. The molecule has 8 nitrogen and oxygen atoms in total. The number of Topliss-reactive ketones (excluding diaryl/α,β-unsaturated/α-hetero) is 1. The normalized spacial score (nSPS) is 16.7. The van der Waals surface area contributed by atoms with E-state index in [0.29, 0.717) is 54.8 Å². The number of hydrogen-bond acceptors (Lipinski definition) is 7. The number of nitrogens with one attached hydrogen (secondary N) is 1. The zero-order valence-corrected chi connectivity index (χ0v) is 17.4. The second kappa shape index (κ2) is 9.26.